The summed E-state index contributed by atoms with van der Waals surface area (Å²) in [5, 5.41) is 5.00. The lowest BCUT2D eigenvalue weighted by Gasteiger charge is -2.42. The summed E-state index contributed by atoms with van der Waals surface area (Å²) < 4.78 is 0. The number of para-hydroxylation sites is 2. The first kappa shape index (κ1) is 35.3. The smallest absolute Gasteiger partial charge is 0.0619 e. The summed E-state index contributed by atoms with van der Waals surface area (Å²) in [6.45, 7) is 14.2. The van der Waals surface area contributed by atoms with E-state index in [4.69, 9.17) is 0 Å². The maximum atomic E-state index is 2.57. The van der Waals surface area contributed by atoms with Crippen LogP contribution in [0.2, 0.25) is 0 Å². The average molecular weight is 770 g/mol. The summed E-state index contributed by atoms with van der Waals surface area (Å²) >= 11 is 0. The fraction of sp³-hybridized carbons (Fsp3) is 0.153. The van der Waals surface area contributed by atoms with E-state index in [1.54, 1.807) is 0 Å². The molecule has 9 aromatic carbocycles. The van der Waals surface area contributed by atoms with E-state index in [0.717, 1.165) is 0 Å². The maximum absolute atomic E-state index is 2.57. The lowest BCUT2D eigenvalue weighted by atomic mass is 9.73. The Bertz CT molecular complexity index is 3250. The third-order valence-electron chi connectivity index (χ3n) is 14.6. The molecule has 1 heterocycles. The normalized spacial score (nSPS) is 15.9. The van der Waals surface area contributed by atoms with E-state index in [-0.39, 0.29) is 16.2 Å². The Hall–Kier alpha value is -6.70. The van der Waals surface area contributed by atoms with Crippen molar-refractivity contribution in [2.45, 2.75) is 57.8 Å². The molecule has 0 saturated carbocycles. The molecule has 1 heteroatoms. The lowest BCUT2D eigenvalue weighted by Crippen LogP contribution is -2.30. The summed E-state index contributed by atoms with van der Waals surface area (Å²) in [5.74, 6) is 0. The van der Waals surface area contributed by atoms with E-state index in [0.29, 0.717) is 0 Å². The van der Waals surface area contributed by atoms with Gasteiger partial charge in [0.2, 0.25) is 0 Å². The van der Waals surface area contributed by atoms with Gasteiger partial charge in [-0.25, -0.2) is 0 Å². The van der Waals surface area contributed by atoms with Gasteiger partial charge in [-0.05, 0) is 119 Å². The first-order valence-corrected chi connectivity index (χ1v) is 21.5. The second-order valence-corrected chi connectivity index (χ2v) is 18.9. The molecular weight excluding hydrogens is 723 g/mol. The molecule has 0 fully saturated rings. The highest BCUT2D eigenvalue weighted by atomic mass is 15.2. The van der Waals surface area contributed by atoms with Crippen molar-refractivity contribution < 1.29 is 0 Å². The van der Waals surface area contributed by atoms with Gasteiger partial charge in [-0.2, -0.15) is 0 Å². The van der Waals surface area contributed by atoms with Crippen molar-refractivity contribution >= 4 is 38.6 Å². The van der Waals surface area contributed by atoms with E-state index in [1.807, 2.05) is 0 Å². The van der Waals surface area contributed by atoms with Gasteiger partial charge in [-0.3, -0.25) is 0 Å². The predicted molar refractivity (Wildman–Crippen MR) is 254 cm³/mol. The molecule has 0 saturated heterocycles. The SMILES string of the molecule is CC1(C)c2ccccc2-c2cc(-c3c4ccccc4c(N4c5ccccc5C(C)(C)c5ccccc54)c4ccc(-c5ccc6c(c5)C(C)(C)c5ccccc5-6)cc34)ccc21. The Kier molecular flexibility index (Phi) is 7.16. The minimum absolute atomic E-state index is 0.0601. The second-order valence-electron chi connectivity index (χ2n) is 18.9. The largest absolute Gasteiger partial charge is 0.309 e. The Morgan fingerprint density at radius 1 is 0.300 bits per heavy atom. The molecule has 0 aromatic heterocycles. The summed E-state index contributed by atoms with van der Waals surface area (Å²) in [5.41, 5.74) is 22.1. The van der Waals surface area contributed by atoms with Crippen molar-refractivity contribution in [1.29, 1.82) is 0 Å². The molecule has 0 radical (unpaired) electrons. The molecule has 0 unspecified atom stereocenters. The summed E-state index contributed by atoms with van der Waals surface area (Å²) in [6, 6.07) is 66.9. The highest BCUT2D eigenvalue weighted by Crippen LogP contribution is 2.57. The monoisotopic (exact) mass is 769 g/mol. The molecule has 0 spiro atoms. The molecule has 0 amide bonds. The van der Waals surface area contributed by atoms with E-state index < -0.39 is 0 Å². The summed E-state index contributed by atoms with van der Waals surface area (Å²) in [7, 11) is 0. The van der Waals surface area contributed by atoms with Gasteiger partial charge >= 0.3 is 0 Å². The fourth-order valence-corrected chi connectivity index (χ4v) is 11.6. The quantitative estimate of drug-likeness (QED) is 0.162. The Morgan fingerprint density at radius 3 is 1.43 bits per heavy atom. The number of benzene rings is 9. The lowest BCUT2D eigenvalue weighted by molar-refractivity contribution is 0.632. The number of rotatable bonds is 3. The van der Waals surface area contributed by atoms with Crippen LogP contribution in [0.1, 0.15) is 74.9 Å². The van der Waals surface area contributed by atoms with Gasteiger partial charge in [0.1, 0.15) is 0 Å². The molecular formula is C59H47N. The van der Waals surface area contributed by atoms with Crippen LogP contribution in [0.25, 0.3) is 66.1 Å². The van der Waals surface area contributed by atoms with Gasteiger partial charge < -0.3 is 4.90 Å². The first-order chi connectivity index (χ1) is 29.0. The minimum Gasteiger partial charge on any atom is -0.309 e. The highest BCUT2D eigenvalue weighted by molar-refractivity contribution is 6.23. The topological polar surface area (TPSA) is 3.24 Å². The maximum Gasteiger partial charge on any atom is 0.0619 e. The van der Waals surface area contributed by atoms with Crippen LogP contribution >= 0.6 is 0 Å². The Labute approximate surface area is 353 Å². The van der Waals surface area contributed by atoms with Crippen molar-refractivity contribution in [2.75, 3.05) is 4.90 Å². The van der Waals surface area contributed by atoms with Crippen molar-refractivity contribution in [3.63, 3.8) is 0 Å². The van der Waals surface area contributed by atoms with Crippen LogP contribution < -0.4 is 4.90 Å². The van der Waals surface area contributed by atoms with E-state index in [2.05, 4.69) is 222 Å². The van der Waals surface area contributed by atoms with Gasteiger partial charge in [-0.1, -0.05) is 187 Å². The second kappa shape index (κ2) is 12.2. The predicted octanol–water partition coefficient (Wildman–Crippen LogP) is 16.0. The molecule has 1 nitrogen and oxygen atoms in total. The van der Waals surface area contributed by atoms with Gasteiger partial charge in [0, 0.05) is 27.0 Å². The highest BCUT2D eigenvalue weighted by Gasteiger charge is 2.39. The molecule has 9 aromatic rings. The number of fused-ring (bicyclic) bond motifs is 10. The van der Waals surface area contributed by atoms with Crippen LogP contribution in [0.5, 0.6) is 0 Å². The number of hydrogen-bond acceptors (Lipinski definition) is 1. The fourth-order valence-electron chi connectivity index (χ4n) is 11.6. The van der Waals surface area contributed by atoms with Crippen molar-refractivity contribution in [1.82, 2.24) is 0 Å². The Balaban J connectivity index is 1.17. The van der Waals surface area contributed by atoms with Crippen LogP contribution in [0.4, 0.5) is 17.1 Å². The number of hydrogen-bond donors (Lipinski definition) is 0. The molecule has 0 bridgehead atoms. The molecule has 60 heavy (non-hydrogen) atoms. The zero-order valence-corrected chi connectivity index (χ0v) is 35.2. The third-order valence-corrected chi connectivity index (χ3v) is 14.6. The summed E-state index contributed by atoms with van der Waals surface area (Å²) in [6.07, 6.45) is 0. The van der Waals surface area contributed by atoms with Crippen molar-refractivity contribution in [3.05, 3.63) is 209 Å². The zero-order valence-electron chi connectivity index (χ0n) is 35.2. The van der Waals surface area contributed by atoms with Gasteiger partial charge in [0.15, 0.2) is 0 Å². The van der Waals surface area contributed by atoms with Crippen molar-refractivity contribution in [3.8, 4) is 44.5 Å². The standard InChI is InChI=1S/C59H47N/c1-57(2)48-22-12-10-18-40(48)45-34-38(29-32-49(45)57)55-42-19-7-8-20-43(42)56(60-53-25-15-13-23-50(53)59(5,6)51-24-14-16-26-54(51)60)44-31-28-36(33-46(44)55)37-27-30-41-39-17-9-11-21-47(39)58(3,4)52(41)35-37/h7-35H,1-6H3. The van der Waals surface area contributed by atoms with E-state index in [9.17, 15) is 0 Å². The van der Waals surface area contributed by atoms with Gasteiger partial charge in [-0.15, -0.1) is 0 Å². The molecule has 288 valence electrons. The zero-order chi connectivity index (χ0) is 40.7. The van der Waals surface area contributed by atoms with E-state index >= 15 is 0 Å². The van der Waals surface area contributed by atoms with Crippen LogP contribution in [-0.2, 0) is 16.2 Å². The van der Waals surface area contributed by atoms with Crippen LogP contribution in [0, 0.1) is 0 Å². The molecule has 1 aliphatic heterocycles. The third kappa shape index (κ3) is 4.64. The molecule has 0 atom stereocenters. The van der Waals surface area contributed by atoms with E-state index in [1.165, 1.54) is 116 Å². The average Bonchev–Trinajstić information content (AvgIpc) is 3.65. The van der Waals surface area contributed by atoms with Crippen LogP contribution in [0.15, 0.2) is 176 Å². The Morgan fingerprint density at radius 2 is 0.750 bits per heavy atom. The van der Waals surface area contributed by atoms with Gasteiger partial charge in [0.25, 0.3) is 0 Å². The number of anilines is 3. The van der Waals surface area contributed by atoms with Gasteiger partial charge in [0.05, 0.1) is 17.1 Å². The molecule has 0 N–H and O–H groups in total. The van der Waals surface area contributed by atoms with Crippen LogP contribution in [-0.4, -0.2) is 0 Å². The molecule has 12 rings (SSSR count). The number of nitrogens with zero attached hydrogens (tertiary/aromatic N) is 1. The van der Waals surface area contributed by atoms with Crippen LogP contribution in [0.3, 0.4) is 0 Å². The first-order valence-electron chi connectivity index (χ1n) is 21.5. The summed E-state index contributed by atoms with van der Waals surface area (Å²) in [4.78, 5) is 2.57. The minimum atomic E-state index is -0.155. The molecule has 2 aliphatic carbocycles. The van der Waals surface area contributed by atoms with Crippen molar-refractivity contribution in [2.24, 2.45) is 0 Å². The molecule has 3 aliphatic rings.